The first-order chi connectivity index (χ1) is 5.81. The van der Waals surface area contributed by atoms with Crippen LogP contribution in [0.4, 0.5) is 0 Å². The summed E-state index contributed by atoms with van der Waals surface area (Å²) in [7, 11) is 0. The third kappa shape index (κ3) is 24.3. The van der Waals surface area contributed by atoms with Gasteiger partial charge in [0, 0.05) is 32.7 Å². The van der Waals surface area contributed by atoms with Crippen LogP contribution in [0.15, 0.2) is 6.08 Å². The van der Waals surface area contributed by atoms with Gasteiger partial charge >= 0.3 is 50.5 Å². The van der Waals surface area contributed by atoms with Crippen LogP contribution in [0.25, 0.3) is 0 Å². The van der Waals surface area contributed by atoms with Crippen LogP contribution in [0, 0.1) is 12.0 Å². The molecule has 14 heavy (non-hydrogen) atoms. The van der Waals surface area contributed by atoms with Gasteiger partial charge in [0.15, 0.2) is 0 Å². The van der Waals surface area contributed by atoms with Crippen LogP contribution in [-0.4, -0.2) is 0 Å². The molecule has 4 heteroatoms. The van der Waals surface area contributed by atoms with Gasteiger partial charge in [-0.05, 0) is 5.92 Å². The molecule has 1 radical (unpaired) electrons. The first kappa shape index (κ1) is 25.8. The monoisotopic (exact) mass is 611 g/mol. The standard InChI is InChI=1S/C7H11.C2H6.CH4.I3.Y/c1-7-5-3-2-4-6-7;1-2;;1-3-2;/h3,7H,4-6H2,1H3;1-2H3;1H4;;/q-1;;;-1;. The SMILES string of the molecule is C.CC.CC1CC=[C-]CC1.I[I-]I.[Y]. The molecule has 0 heterocycles. The molecule has 0 bridgehead atoms. The number of hydrogen-bond donors (Lipinski definition) is 0. The minimum Gasteiger partial charge on any atom is 0 e. The predicted octanol–water partition coefficient (Wildman–Crippen LogP) is 2.60. The minimum atomic E-state index is 0. The third-order valence-corrected chi connectivity index (χ3v) is 1.45. The van der Waals surface area contributed by atoms with E-state index in [0.717, 1.165) is 5.92 Å². The maximum absolute atomic E-state index is 3.19. The summed E-state index contributed by atoms with van der Waals surface area (Å²) in [4.78, 5) is 0. The Hall–Kier alpha value is 3.03. The summed E-state index contributed by atoms with van der Waals surface area (Å²) >= 11 is 5.30. The van der Waals surface area contributed by atoms with Gasteiger partial charge in [0.2, 0.25) is 0 Å². The van der Waals surface area contributed by atoms with Crippen molar-refractivity contribution in [2.75, 3.05) is 0 Å². The Kier molecular flexibility index (Phi) is 46.1. The van der Waals surface area contributed by atoms with E-state index in [1.165, 1.54) is 19.3 Å². The van der Waals surface area contributed by atoms with Gasteiger partial charge in [-0.15, -0.1) is 0 Å². The first-order valence-electron chi connectivity index (χ1n) is 4.23. The van der Waals surface area contributed by atoms with Crippen LogP contribution < -0.4 is 13.3 Å². The molecule has 0 aromatic heterocycles. The van der Waals surface area contributed by atoms with Gasteiger partial charge < -0.3 is 6.08 Å². The zero-order valence-electron chi connectivity index (χ0n) is 8.49. The Labute approximate surface area is 146 Å². The quantitative estimate of drug-likeness (QED) is 0.292. The van der Waals surface area contributed by atoms with E-state index in [1.807, 2.05) is 13.8 Å². The van der Waals surface area contributed by atoms with Crippen LogP contribution in [0.5, 0.6) is 0 Å². The summed E-state index contributed by atoms with van der Waals surface area (Å²) in [5, 5.41) is 0. The average molecular weight is 611 g/mol. The molecule has 87 valence electrons. The molecule has 0 saturated carbocycles. The Morgan fingerprint density at radius 2 is 1.79 bits per heavy atom. The van der Waals surface area contributed by atoms with Crippen LogP contribution >= 0.6 is 37.2 Å². The Morgan fingerprint density at radius 3 is 1.93 bits per heavy atom. The summed E-state index contributed by atoms with van der Waals surface area (Å²) in [6.45, 7) is 6.29. The molecule has 0 N–H and O–H groups in total. The van der Waals surface area contributed by atoms with Crippen LogP contribution in [0.1, 0.15) is 47.5 Å². The Balaban J connectivity index is -0.0000000633. The number of allylic oxidation sites excluding steroid dienone is 2. The third-order valence-electron chi connectivity index (χ3n) is 1.45. The molecule has 1 atom stereocenters. The molecule has 0 aliphatic heterocycles. The Bertz CT molecular complexity index is 97.4. The zero-order valence-corrected chi connectivity index (χ0v) is 17.8. The van der Waals surface area contributed by atoms with E-state index in [0.29, 0.717) is 13.3 Å². The molecule has 0 nitrogen and oxygen atoms in total. The molecule has 0 fully saturated rings. The molecule has 0 amide bonds. The van der Waals surface area contributed by atoms with Gasteiger partial charge in [0.25, 0.3) is 0 Å². The maximum Gasteiger partial charge on any atom is 0 e. The smallest absolute Gasteiger partial charge is 0 e. The summed E-state index contributed by atoms with van der Waals surface area (Å²) in [5.74, 6) is 0.918. The summed E-state index contributed by atoms with van der Waals surface area (Å²) in [6.07, 6.45) is 9.13. The molecule has 0 spiro atoms. The largest absolute Gasteiger partial charge is 0 e. The second-order valence-corrected chi connectivity index (χ2v) is 18.6. The predicted molar refractivity (Wildman–Crippen MR) is 76.9 cm³/mol. The number of rotatable bonds is 0. The van der Waals surface area contributed by atoms with Gasteiger partial charge in [-0.1, -0.05) is 41.0 Å². The maximum atomic E-state index is 3.19. The van der Waals surface area contributed by atoms with Crippen molar-refractivity contribution >= 4 is 37.2 Å². The van der Waals surface area contributed by atoms with E-state index in [9.17, 15) is 0 Å². The van der Waals surface area contributed by atoms with E-state index in [4.69, 9.17) is 0 Å². The molecule has 1 rings (SSSR count). The molecule has 0 saturated heterocycles. The van der Waals surface area contributed by atoms with E-state index in [1.54, 1.807) is 0 Å². The van der Waals surface area contributed by atoms with Crippen LogP contribution in [-0.2, 0) is 32.7 Å². The average Bonchev–Trinajstić information content (AvgIpc) is 2.11. The molecule has 0 aromatic carbocycles. The molecule has 1 aliphatic carbocycles. The van der Waals surface area contributed by atoms with Gasteiger partial charge in [0.1, 0.15) is 0 Å². The van der Waals surface area contributed by atoms with E-state index < -0.39 is 0 Å². The van der Waals surface area contributed by atoms with Gasteiger partial charge in [0.05, 0.1) is 0 Å². The van der Waals surface area contributed by atoms with Crippen molar-refractivity contribution in [1.82, 2.24) is 0 Å². The van der Waals surface area contributed by atoms with Crippen molar-refractivity contribution in [2.45, 2.75) is 47.5 Å². The summed E-state index contributed by atoms with van der Waals surface area (Å²) < 4.78 is 0. The molecular weight excluding hydrogens is 590 g/mol. The summed E-state index contributed by atoms with van der Waals surface area (Å²) in [6, 6.07) is 0. The first-order valence-corrected chi connectivity index (χ1v) is 16.8. The minimum absolute atomic E-state index is 0. The molecule has 1 unspecified atom stereocenters. The normalized spacial score (nSPS) is 17.4. The molecule has 0 aromatic rings. The topological polar surface area (TPSA) is 0 Å². The van der Waals surface area contributed by atoms with Crippen LogP contribution in [0.3, 0.4) is 0 Å². The van der Waals surface area contributed by atoms with Gasteiger partial charge in [-0.3, -0.25) is 6.08 Å². The van der Waals surface area contributed by atoms with Crippen molar-refractivity contribution < 1.29 is 46.0 Å². The van der Waals surface area contributed by atoms with Gasteiger partial charge in [-0.2, -0.15) is 6.42 Å². The zero-order chi connectivity index (χ0) is 9.82. The van der Waals surface area contributed by atoms with Crippen molar-refractivity contribution in [3.63, 3.8) is 0 Å². The van der Waals surface area contributed by atoms with Crippen molar-refractivity contribution in [3.8, 4) is 0 Å². The van der Waals surface area contributed by atoms with E-state index >= 15 is 0 Å². The molecule has 1 aliphatic rings. The number of halogens is 3. The second kappa shape index (κ2) is 25.0. The fourth-order valence-corrected chi connectivity index (χ4v) is 0.834. The van der Waals surface area contributed by atoms with Crippen molar-refractivity contribution in [3.05, 3.63) is 12.2 Å². The fourth-order valence-electron chi connectivity index (χ4n) is 0.834. The fraction of sp³-hybridized carbons (Fsp3) is 0.800. The van der Waals surface area contributed by atoms with Crippen molar-refractivity contribution in [1.29, 1.82) is 0 Å². The number of hydrogen-bond acceptors (Lipinski definition) is 0. The van der Waals surface area contributed by atoms with E-state index in [2.05, 4.69) is 56.3 Å². The van der Waals surface area contributed by atoms with E-state index in [-0.39, 0.29) is 40.1 Å². The van der Waals surface area contributed by atoms with Crippen LogP contribution in [0.2, 0.25) is 0 Å². The Morgan fingerprint density at radius 1 is 1.36 bits per heavy atom. The van der Waals surface area contributed by atoms with Gasteiger partial charge in [-0.25, -0.2) is 0 Å². The van der Waals surface area contributed by atoms with Crippen molar-refractivity contribution in [2.24, 2.45) is 5.92 Å². The molecular formula is C10H21I3Y-2. The summed E-state index contributed by atoms with van der Waals surface area (Å²) in [5.41, 5.74) is 0. The second-order valence-electron chi connectivity index (χ2n) is 2.34.